The summed E-state index contributed by atoms with van der Waals surface area (Å²) in [6, 6.07) is 5.58. The number of aromatic nitrogens is 2. The van der Waals surface area contributed by atoms with Gasteiger partial charge < -0.3 is 19.7 Å². The summed E-state index contributed by atoms with van der Waals surface area (Å²) < 4.78 is 10.2. The third kappa shape index (κ3) is 5.19. The van der Waals surface area contributed by atoms with Gasteiger partial charge in [-0.05, 0) is 42.5 Å². The number of ether oxygens (including phenoxy) is 2. The van der Waals surface area contributed by atoms with Gasteiger partial charge in [-0.2, -0.15) is 4.98 Å². The van der Waals surface area contributed by atoms with E-state index >= 15 is 0 Å². The van der Waals surface area contributed by atoms with Crippen molar-refractivity contribution >= 4 is 62.7 Å². The number of aryl methyl sites for hydroxylation is 1. The third-order valence-electron chi connectivity index (χ3n) is 5.30. The van der Waals surface area contributed by atoms with E-state index < -0.39 is 6.16 Å². The molecular weight excluding hydrogens is 471 g/mol. The summed E-state index contributed by atoms with van der Waals surface area (Å²) in [6.07, 6.45) is 0.655. The van der Waals surface area contributed by atoms with Crippen LogP contribution in [-0.2, 0) is 16.0 Å². The highest BCUT2D eigenvalue weighted by atomic mass is 35.5. The zero-order valence-corrected chi connectivity index (χ0v) is 20.2. The summed E-state index contributed by atoms with van der Waals surface area (Å²) in [4.78, 5) is 24.3. The van der Waals surface area contributed by atoms with Crippen molar-refractivity contribution in [1.29, 1.82) is 0 Å². The summed E-state index contributed by atoms with van der Waals surface area (Å²) in [5.74, 6) is 1.46. The molecule has 0 aliphatic carbocycles. The molecular formula is C22H24Cl2N4O3S. The number of piperidine rings is 1. The van der Waals surface area contributed by atoms with Crippen LogP contribution < -0.4 is 10.2 Å². The number of anilines is 2. The molecule has 3 heterocycles. The Morgan fingerprint density at radius 1 is 1.25 bits per heavy atom. The van der Waals surface area contributed by atoms with Gasteiger partial charge in [-0.25, -0.2) is 9.78 Å². The zero-order chi connectivity index (χ0) is 22.7. The first-order valence-corrected chi connectivity index (χ1v) is 12.1. The monoisotopic (exact) mass is 494 g/mol. The fourth-order valence-electron chi connectivity index (χ4n) is 3.64. The van der Waals surface area contributed by atoms with Crippen LogP contribution in [-0.4, -0.2) is 41.9 Å². The molecule has 2 aromatic heterocycles. The second-order valence-electron chi connectivity index (χ2n) is 7.56. The molecule has 32 heavy (non-hydrogen) atoms. The highest BCUT2D eigenvalue weighted by molar-refractivity contribution is 7.17. The topological polar surface area (TPSA) is 76.6 Å². The fraction of sp³-hybridized carbons (Fsp3) is 0.409. The average Bonchev–Trinajstić information content (AvgIpc) is 3.16. The smallest absolute Gasteiger partial charge is 0.435 e. The van der Waals surface area contributed by atoms with Gasteiger partial charge in [0.15, 0.2) is 0 Å². The van der Waals surface area contributed by atoms with Crippen LogP contribution in [0.3, 0.4) is 0 Å². The molecule has 1 aliphatic rings. The average molecular weight is 495 g/mol. The number of hydrogen-bond acceptors (Lipinski definition) is 8. The van der Waals surface area contributed by atoms with Crippen molar-refractivity contribution in [3.8, 4) is 0 Å². The molecule has 0 amide bonds. The first-order chi connectivity index (χ1) is 15.4. The predicted molar refractivity (Wildman–Crippen MR) is 129 cm³/mol. The number of hydrogen-bond donors (Lipinski definition) is 1. The van der Waals surface area contributed by atoms with Crippen molar-refractivity contribution in [3.05, 3.63) is 44.8 Å². The Kier molecular flexibility index (Phi) is 7.23. The Morgan fingerprint density at radius 3 is 2.75 bits per heavy atom. The molecule has 7 nitrogen and oxygen atoms in total. The molecule has 0 bridgehead atoms. The van der Waals surface area contributed by atoms with Crippen LogP contribution in [0.4, 0.5) is 16.6 Å². The van der Waals surface area contributed by atoms with Crippen molar-refractivity contribution in [3.63, 3.8) is 0 Å². The van der Waals surface area contributed by atoms with Gasteiger partial charge in [0.2, 0.25) is 5.95 Å². The van der Waals surface area contributed by atoms with Crippen LogP contribution in [0.5, 0.6) is 0 Å². The molecule has 0 unspecified atom stereocenters. The molecule has 10 heteroatoms. The largest absolute Gasteiger partial charge is 0.508 e. The predicted octanol–water partition coefficient (Wildman–Crippen LogP) is 6.06. The van der Waals surface area contributed by atoms with Gasteiger partial charge in [0.05, 0.1) is 22.0 Å². The van der Waals surface area contributed by atoms with Crippen LogP contribution in [0.15, 0.2) is 23.6 Å². The lowest BCUT2D eigenvalue weighted by Gasteiger charge is -2.31. The van der Waals surface area contributed by atoms with Crippen molar-refractivity contribution in [2.45, 2.75) is 39.3 Å². The lowest BCUT2D eigenvalue weighted by Crippen LogP contribution is -2.39. The number of rotatable bonds is 6. The second-order valence-corrected chi connectivity index (χ2v) is 9.23. The van der Waals surface area contributed by atoms with Crippen LogP contribution in [0, 0.1) is 6.92 Å². The molecule has 0 radical (unpaired) electrons. The molecule has 0 atom stereocenters. The van der Waals surface area contributed by atoms with Gasteiger partial charge in [0, 0.05) is 32.5 Å². The van der Waals surface area contributed by atoms with Crippen LogP contribution in [0.1, 0.15) is 30.9 Å². The van der Waals surface area contributed by atoms with Crippen molar-refractivity contribution in [1.82, 2.24) is 9.97 Å². The number of fused-ring (bicyclic) bond motifs is 1. The Morgan fingerprint density at radius 2 is 2.03 bits per heavy atom. The van der Waals surface area contributed by atoms with Gasteiger partial charge in [0.25, 0.3) is 0 Å². The first-order valence-electron chi connectivity index (χ1n) is 10.5. The van der Waals surface area contributed by atoms with Gasteiger partial charge in [-0.1, -0.05) is 29.3 Å². The Balaban J connectivity index is 1.50. The van der Waals surface area contributed by atoms with E-state index in [0.29, 0.717) is 55.1 Å². The third-order valence-corrected chi connectivity index (χ3v) is 7.03. The van der Waals surface area contributed by atoms with Crippen molar-refractivity contribution in [2.75, 3.05) is 29.9 Å². The van der Waals surface area contributed by atoms with E-state index in [1.165, 1.54) is 0 Å². The molecule has 0 saturated carbocycles. The maximum Gasteiger partial charge on any atom is 0.508 e. The van der Waals surface area contributed by atoms with Gasteiger partial charge in [0.1, 0.15) is 16.8 Å². The van der Waals surface area contributed by atoms with E-state index in [2.05, 4.69) is 22.5 Å². The summed E-state index contributed by atoms with van der Waals surface area (Å²) in [6.45, 7) is 6.09. The van der Waals surface area contributed by atoms with E-state index in [1.54, 1.807) is 24.3 Å². The number of thiophene rings is 1. The Bertz CT molecular complexity index is 1120. The summed E-state index contributed by atoms with van der Waals surface area (Å²) in [5, 5.41) is 7.63. The number of carbonyl (C=O) groups excluding carboxylic acids is 1. The van der Waals surface area contributed by atoms with E-state index in [0.717, 1.165) is 27.2 Å². The quantitative estimate of drug-likeness (QED) is 0.417. The lowest BCUT2D eigenvalue weighted by atomic mass is 10.1. The van der Waals surface area contributed by atoms with Crippen LogP contribution >= 0.6 is 34.5 Å². The van der Waals surface area contributed by atoms with Gasteiger partial charge in [-0.3, -0.25) is 0 Å². The van der Waals surface area contributed by atoms with E-state index in [9.17, 15) is 4.79 Å². The fourth-order valence-corrected chi connectivity index (χ4v) is 4.88. The maximum absolute atomic E-state index is 11.6. The number of carbonyl (C=O) groups is 1. The van der Waals surface area contributed by atoms with Crippen molar-refractivity contribution in [2.24, 2.45) is 0 Å². The standard InChI is InChI=1S/C22H24Cl2N4O3S/c1-3-30-22(29)31-15-6-8-28(9-7-15)21-26-19(18-13(2)12-32-20(18)27-21)25-11-14-4-5-16(23)17(24)10-14/h4-5,10,12,15H,3,6-9,11H2,1-2H3,(H,25,26,27). The minimum absolute atomic E-state index is 0.148. The molecule has 3 aromatic rings. The SMILES string of the molecule is CCOC(=O)OC1CCN(c2nc(NCc3ccc(Cl)c(Cl)c3)c3c(C)csc3n2)CC1. The molecule has 1 saturated heterocycles. The lowest BCUT2D eigenvalue weighted by molar-refractivity contribution is 0.0183. The number of halogens is 2. The van der Waals surface area contributed by atoms with Crippen LogP contribution in [0.2, 0.25) is 10.0 Å². The first kappa shape index (κ1) is 22.9. The molecule has 1 aromatic carbocycles. The summed E-state index contributed by atoms with van der Waals surface area (Å²) in [7, 11) is 0. The maximum atomic E-state index is 11.6. The summed E-state index contributed by atoms with van der Waals surface area (Å²) in [5.41, 5.74) is 2.15. The zero-order valence-electron chi connectivity index (χ0n) is 17.9. The normalized spacial score (nSPS) is 14.6. The van der Waals surface area contributed by atoms with E-state index in [1.807, 2.05) is 12.1 Å². The molecule has 1 N–H and O–H groups in total. The van der Waals surface area contributed by atoms with E-state index in [-0.39, 0.29) is 6.10 Å². The van der Waals surface area contributed by atoms with E-state index in [4.69, 9.17) is 42.6 Å². The highest BCUT2D eigenvalue weighted by Gasteiger charge is 2.25. The number of nitrogens with zero attached hydrogens (tertiary/aromatic N) is 3. The second kappa shape index (κ2) is 10.1. The minimum atomic E-state index is -0.605. The van der Waals surface area contributed by atoms with Crippen molar-refractivity contribution < 1.29 is 14.3 Å². The van der Waals surface area contributed by atoms with Gasteiger partial charge >= 0.3 is 6.16 Å². The Labute approximate surface area is 200 Å². The Hall–Kier alpha value is -2.29. The number of benzene rings is 1. The highest BCUT2D eigenvalue weighted by Crippen LogP contribution is 2.33. The molecule has 0 spiro atoms. The molecule has 4 rings (SSSR count). The minimum Gasteiger partial charge on any atom is -0.435 e. The number of nitrogens with one attached hydrogen (secondary N) is 1. The molecule has 1 aliphatic heterocycles. The molecule has 170 valence electrons. The van der Waals surface area contributed by atoms with Crippen LogP contribution in [0.25, 0.3) is 10.2 Å². The summed E-state index contributed by atoms with van der Waals surface area (Å²) >= 11 is 13.8. The molecule has 1 fully saturated rings. The van der Waals surface area contributed by atoms with Gasteiger partial charge in [-0.15, -0.1) is 11.3 Å².